The number of hydrogen-bond donors (Lipinski definition) is 2. The van der Waals surface area contributed by atoms with Crippen molar-refractivity contribution >= 4 is 44.4 Å². The smallest absolute Gasteiger partial charge is 0.271 e. The average molecular weight is 549 g/mol. The van der Waals surface area contributed by atoms with Gasteiger partial charge >= 0.3 is 0 Å². The van der Waals surface area contributed by atoms with Crippen molar-refractivity contribution in [2.24, 2.45) is 0 Å². The van der Waals surface area contributed by atoms with Crippen LogP contribution in [0, 0.1) is 17.0 Å². The fourth-order valence-corrected chi connectivity index (χ4v) is 5.65. The molecular formula is C26H24N6O4S2. The first-order valence-electron chi connectivity index (χ1n) is 11.6. The number of aryl methyl sites for hydroxylation is 1. The number of thiocarbonyl (C=S) groups is 1. The van der Waals surface area contributed by atoms with E-state index in [-0.39, 0.29) is 17.8 Å². The van der Waals surface area contributed by atoms with Crippen LogP contribution in [0.3, 0.4) is 0 Å². The Bertz CT molecular complexity index is 1640. The number of pyridine rings is 1. The van der Waals surface area contributed by atoms with E-state index in [1.54, 1.807) is 18.3 Å². The normalized spacial score (nSPS) is 17.3. The molecule has 1 saturated heterocycles. The summed E-state index contributed by atoms with van der Waals surface area (Å²) in [5, 5.41) is 15.3. The maximum absolute atomic E-state index is 11.8. The molecule has 0 aliphatic carbocycles. The summed E-state index contributed by atoms with van der Waals surface area (Å²) in [5.41, 5.74) is 4.21. The van der Waals surface area contributed by atoms with E-state index in [1.807, 2.05) is 71.1 Å². The van der Waals surface area contributed by atoms with Crippen molar-refractivity contribution in [1.82, 2.24) is 14.9 Å². The standard InChI is InChI=1S/C26H24N6O4S2/c1-17-15-19(11-12-21(17)29-38(2,35)36)31-25(24(28-26(31)37)22-9-3-4-13-27-22)23-10-6-14-30(23)18-7-5-8-20(16-18)32(33)34/h3-16,24-25,29H,1-2H3,(H,28,37)/t24-,25+/m0/s1. The maximum Gasteiger partial charge on any atom is 0.271 e. The van der Waals surface area contributed by atoms with Crippen LogP contribution in [-0.2, 0) is 10.0 Å². The van der Waals surface area contributed by atoms with Gasteiger partial charge in [0.05, 0.1) is 34.3 Å². The highest BCUT2D eigenvalue weighted by molar-refractivity contribution is 7.92. The molecule has 194 valence electrons. The molecule has 0 bridgehead atoms. The molecule has 1 aliphatic rings. The van der Waals surface area contributed by atoms with Crippen LogP contribution in [0.4, 0.5) is 17.1 Å². The van der Waals surface area contributed by atoms with Crippen LogP contribution in [0.2, 0.25) is 0 Å². The average Bonchev–Trinajstić information content (AvgIpc) is 3.49. The molecule has 38 heavy (non-hydrogen) atoms. The predicted octanol–water partition coefficient (Wildman–Crippen LogP) is 4.64. The molecule has 0 radical (unpaired) electrons. The van der Waals surface area contributed by atoms with Crippen LogP contribution >= 0.6 is 12.2 Å². The van der Waals surface area contributed by atoms with Crippen molar-refractivity contribution in [2.45, 2.75) is 19.0 Å². The quantitative estimate of drug-likeness (QED) is 0.195. The molecule has 0 unspecified atom stereocenters. The van der Waals surface area contributed by atoms with E-state index in [0.717, 1.165) is 28.9 Å². The summed E-state index contributed by atoms with van der Waals surface area (Å²) in [5.74, 6) is 0. The number of anilines is 2. The Morgan fingerprint density at radius 2 is 1.87 bits per heavy atom. The van der Waals surface area contributed by atoms with Gasteiger partial charge in [-0.2, -0.15) is 0 Å². The van der Waals surface area contributed by atoms with E-state index in [4.69, 9.17) is 12.2 Å². The zero-order valence-electron chi connectivity index (χ0n) is 20.5. The van der Waals surface area contributed by atoms with Gasteiger partial charge in [-0.3, -0.25) is 19.8 Å². The van der Waals surface area contributed by atoms with Crippen LogP contribution in [0.1, 0.15) is 29.0 Å². The van der Waals surface area contributed by atoms with Crippen LogP contribution in [0.5, 0.6) is 0 Å². The van der Waals surface area contributed by atoms with E-state index < -0.39 is 14.9 Å². The number of sulfonamides is 1. The van der Waals surface area contributed by atoms with Gasteiger partial charge in [-0.15, -0.1) is 0 Å². The number of nitrogens with one attached hydrogen (secondary N) is 2. The van der Waals surface area contributed by atoms with E-state index >= 15 is 0 Å². The van der Waals surface area contributed by atoms with Crippen molar-refractivity contribution < 1.29 is 13.3 Å². The van der Waals surface area contributed by atoms with Gasteiger partial charge in [0.25, 0.3) is 5.69 Å². The first kappa shape index (κ1) is 25.4. The Balaban J connectivity index is 1.64. The molecule has 0 spiro atoms. The number of rotatable bonds is 7. The molecule has 12 heteroatoms. The van der Waals surface area contributed by atoms with E-state index in [9.17, 15) is 18.5 Å². The highest BCUT2D eigenvalue weighted by Crippen LogP contribution is 2.43. The molecule has 2 aromatic heterocycles. The largest absolute Gasteiger partial charge is 0.351 e. The minimum absolute atomic E-state index is 0.00931. The Morgan fingerprint density at radius 1 is 1.05 bits per heavy atom. The van der Waals surface area contributed by atoms with E-state index in [0.29, 0.717) is 16.5 Å². The molecule has 1 fully saturated rings. The highest BCUT2D eigenvalue weighted by Gasteiger charge is 2.42. The van der Waals surface area contributed by atoms with Gasteiger partial charge in [-0.05, 0) is 73.2 Å². The van der Waals surface area contributed by atoms with Crippen molar-refractivity contribution in [3.8, 4) is 5.69 Å². The van der Waals surface area contributed by atoms with E-state index in [2.05, 4.69) is 15.0 Å². The van der Waals surface area contributed by atoms with Crippen LogP contribution < -0.4 is 14.9 Å². The first-order valence-corrected chi connectivity index (χ1v) is 13.9. The molecule has 2 N–H and O–H groups in total. The van der Waals surface area contributed by atoms with Crippen molar-refractivity contribution in [3.63, 3.8) is 0 Å². The Hall–Kier alpha value is -4.29. The lowest BCUT2D eigenvalue weighted by molar-refractivity contribution is -0.384. The van der Waals surface area contributed by atoms with Crippen molar-refractivity contribution in [3.05, 3.63) is 112 Å². The topological polar surface area (TPSA) is 122 Å². The van der Waals surface area contributed by atoms with Crippen molar-refractivity contribution in [1.29, 1.82) is 0 Å². The number of nitrogens with zero attached hydrogens (tertiary/aromatic N) is 4. The SMILES string of the molecule is Cc1cc(N2C(=S)N[C@@H](c3ccccn3)[C@H]2c2cccn2-c2cccc([N+](=O)[O-])c2)ccc1NS(C)(=O)=O. The lowest BCUT2D eigenvalue weighted by atomic mass is 10.0. The fraction of sp³-hybridized carbons (Fsp3) is 0.154. The summed E-state index contributed by atoms with van der Waals surface area (Å²) in [6.45, 7) is 1.82. The molecule has 5 rings (SSSR count). The Kier molecular flexibility index (Phi) is 6.59. The molecule has 0 saturated carbocycles. The molecule has 0 amide bonds. The number of nitro groups is 1. The highest BCUT2D eigenvalue weighted by atomic mass is 32.2. The monoisotopic (exact) mass is 548 g/mol. The summed E-state index contributed by atoms with van der Waals surface area (Å²) >= 11 is 5.81. The molecule has 2 aromatic carbocycles. The van der Waals surface area contributed by atoms with Crippen LogP contribution in [0.15, 0.2) is 85.2 Å². The Labute approximate surface area is 225 Å². The first-order chi connectivity index (χ1) is 18.1. The summed E-state index contributed by atoms with van der Waals surface area (Å²) < 4.78 is 28.0. The molecule has 2 atom stereocenters. The van der Waals surface area contributed by atoms with E-state index in [1.165, 1.54) is 12.1 Å². The predicted molar refractivity (Wildman–Crippen MR) is 150 cm³/mol. The second-order valence-corrected chi connectivity index (χ2v) is 11.1. The number of nitro benzene ring substituents is 1. The van der Waals surface area contributed by atoms with Gasteiger partial charge in [0.15, 0.2) is 5.11 Å². The molecular weight excluding hydrogens is 524 g/mol. The minimum atomic E-state index is -3.44. The second-order valence-electron chi connectivity index (χ2n) is 8.95. The third-order valence-corrected chi connectivity index (χ3v) is 7.19. The molecule has 1 aliphatic heterocycles. The lowest BCUT2D eigenvalue weighted by Crippen LogP contribution is -2.30. The second kappa shape index (κ2) is 9.88. The Morgan fingerprint density at radius 3 is 2.55 bits per heavy atom. The van der Waals surface area contributed by atoms with Crippen molar-refractivity contribution in [2.75, 3.05) is 15.9 Å². The number of aromatic nitrogens is 2. The van der Waals surface area contributed by atoms with Crippen LogP contribution in [-0.4, -0.2) is 34.3 Å². The lowest BCUT2D eigenvalue weighted by Gasteiger charge is -2.29. The van der Waals surface area contributed by atoms with Gasteiger partial charge in [-0.25, -0.2) is 8.42 Å². The minimum Gasteiger partial charge on any atom is -0.351 e. The van der Waals surface area contributed by atoms with Gasteiger partial charge in [0.1, 0.15) is 6.04 Å². The maximum atomic E-state index is 11.8. The fourth-order valence-electron chi connectivity index (χ4n) is 4.67. The van der Waals surface area contributed by atoms with Gasteiger partial charge < -0.3 is 14.8 Å². The van der Waals surface area contributed by atoms with Crippen LogP contribution in [0.25, 0.3) is 5.69 Å². The number of hydrogen-bond acceptors (Lipinski definition) is 6. The molecule has 3 heterocycles. The summed E-state index contributed by atoms with van der Waals surface area (Å²) in [4.78, 5) is 17.6. The van der Waals surface area contributed by atoms with Gasteiger partial charge in [0.2, 0.25) is 10.0 Å². The molecule has 4 aromatic rings. The molecule has 10 nitrogen and oxygen atoms in total. The summed E-state index contributed by atoms with van der Waals surface area (Å²) in [7, 11) is -3.44. The third-order valence-electron chi connectivity index (χ3n) is 6.28. The zero-order chi connectivity index (χ0) is 27.0. The summed E-state index contributed by atoms with van der Waals surface area (Å²) in [6, 6.07) is 20.6. The number of benzene rings is 2. The number of non-ortho nitro benzene ring substituents is 1. The summed E-state index contributed by atoms with van der Waals surface area (Å²) in [6.07, 6.45) is 4.68. The third kappa shape index (κ3) is 4.95. The van der Waals surface area contributed by atoms with Gasteiger partial charge in [0, 0.05) is 35.9 Å². The van der Waals surface area contributed by atoms with Gasteiger partial charge in [-0.1, -0.05) is 12.1 Å². The zero-order valence-corrected chi connectivity index (χ0v) is 22.1.